The number of benzene rings is 2. The minimum Gasteiger partial charge on any atom is -0.465 e. The zero-order valence-corrected chi connectivity index (χ0v) is 23.0. The van der Waals surface area contributed by atoms with Crippen LogP contribution in [0.5, 0.6) is 0 Å². The maximum Gasteiger partial charge on any atom is 0.340 e. The molecule has 9 nitrogen and oxygen atoms in total. The van der Waals surface area contributed by atoms with Crippen LogP contribution in [0, 0.1) is 6.92 Å². The molecule has 0 saturated carbocycles. The molecule has 0 radical (unpaired) electrons. The minimum atomic E-state index is -0.825. The Hall–Kier alpha value is -4.92. The molecule has 2 N–H and O–H groups in total. The van der Waals surface area contributed by atoms with Gasteiger partial charge in [-0.25, -0.2) is 4.79 Å². The highest BCUT2D eigenvalue weighted by molar-refractivity contribution is 6.39. The smallest absolute Gasteiger partial charge is 0.340 e. The van der Waals surface area contributed by atoms with E-state index >= 15 is 0 Å². The Morgan fingerprint density at radius 3 is 2.25 bits per heavy atom. The first-order valence-corrected chi connectivity index (χ1v) is 12.8. The van der Waals surface area contributed by atoms with E-state index in [2.05, 4.69) is 24.5 Å². The molecule has 3 aromatic rings. The van der Waals surface area contributed by atoms with Crippen LogP contribution in [0.4, 0.5) is 11.4 Å². The summed E-state index contributed by atoms with van der Waals surface area (Å²) in [6, 6.07) is 17.9. The van der Waals surface area contributed by atoms with Gasteiger partial charge >= 0.3 is 17.8 Å². The quantitative estimate of drug-likeness (QED) is 0.251. The predicted octanol–water partition coefficient (Wildman–Crippen LogP) is 4.84. The summed E-state index contributed by atoms with van der Waals surface area (Å²) in [5.41, 5.74) is 4.00. The van der Waals surface area contributed by atoms with Gasteiger partial charge in [0.05, 0.1) is 24.8 Å². The van der Waals surface area contributed by atoms with Crippen LogP contribution in [0.25, 0.3) is 6.08 Å². The molecule has 1 aromatic heterocycles. The summed E-state index contributed by atoms with van der Waals surface area (Å²) in [4.78, 5) is 52.1. The maximum absolute atomic E-state index is 13.5. The highest BCUT2D eigenvalue weighted by atomic mass is 16.5. The normalized spacial score (nSPS) is 14.2. The third-order valence-electron chi connectivity index (χ3n) is 6.52. The number of carbonyl (C=O) groups excluding carboxylic acids is 4. The molecule has 0 bridgehead atoms. The summed E-state index contributed by atoms with van der Waals surface area (Å²) >= 11 is 0. The number of ether oxygens (including phenoxy) is 1. The van der Waals surface area contributed by atoms with Crippen LogP contribution in [0.1, 0.15) is 49.3 Å². The van der Waals surface area contributed by atoms with Crippen molar-refractivity contribution in [2.45, 2.75) is 40.2 Å². The molecular formula is C31H31N3O6. The van der Waals surface area contributed by atoms with E-state index in [-0.39, 0.29) is 17.7 Å². The van der Waals surface area contributed by atoms with E-state index in [1.807, 2.05) is 43.3 Å². The van der Waals surface area contributed by atoms with Crippen molar-refractivity contribution in [2.75, 3.05) is 17.3 Å². The van der Waals surface area contributed by atoms with Gasteiger partial charge < -0.3 is 19.8 Å². The third-order valence-corrected chi connectivity index (χ3v) is 6.52. The van der Waals surface area contributed by atoms with Crippen LogP contribution < -0.4 is 15.5 Å². The van der Waals surface area contributed by atoms with Gasteiger partial charge in [0.1, 0.15) is 11.5 Å². The van der Waals surface area contributed by atoms with Gasteiger partial charge in [-0.15, -0.1) is 0 Å². The van der Waals surface area contributed by atoms with Gasteiger partial charge in [0.15, 0.2) is 0 Å². The van der Waals surface area contributed by atoms with Crippen molar-refractivity contribution in [2.24, 2.45) is 0 Å². The fourth-order valence-corrected chi connectivity index (χ4v) is 4.28. The molecule has 0 spiro atoms. The van der Waals surface area contributed by atoms with Crippen molar-refractivity contribution in [1.29, 1.82) is 0 Å². The summed E-state index contributed by atoms with van der Waals surface area (Å²) in [7, 11) is 1.26. The molecule has 3 amide bonds. The van der Waals surface area contributed by atoms with Gasteiger partial charge in [0.2, 0.25) is 0 Å². The Balaban J connectivity index is 1.49. The molecule has 206 valence electrons. The first-order valence-electron chi connectivity index (χ1n) is 12.8. The molecule has 1 aliphatic rings. The van der Waals surface area contributed by atoms with E-state index in [9.17, 15) is 19.2 Å². The van der Waals surface area contributed by atoms with Crippen molar-refractivity contribution in [1.82, 2.24) is 5.32 Å². The van der Waals surface area contributed by atoms with Gasteiger partial charge in [-0.2, -0.15) is 0 Å². The Bertz CT molecular complexity index is 1510. The van der Waals surface area contributed by atoms with E-state index in [0.29, 0.717) is 34.5 Å². The second-order valence-corrected chi connectivity index (χ2v) is 9.70. The number of furan rings is 1. The number of amides is 3. The second kappa shape index (κ2) is 11.9. The van der Waals surface area contributed by atoms with E-state index in [1.54, 1.807) is 31.2 Å². The lowest BCUT2D eigenvalue weighted by atomic mass is 10.0. The predicted molar refractivity (Wildman–Crippen MR) is 151 cm³/mol. The van der Waals surface area contributed by atoms with E-state index in [1.165, 1.54) is 18.1 Å². The number of allylic oxidation sites excluding steroid dienone is 1. The standard InChI is InChI=1S/C31H31N3O6/c1-18(2)21-8-12-23(13-9-21)34-20(4)27(31(38)39-5)26(30(34)37)16-24-14-15-25(40-24)17-32-28(35)29(36)33-22-10-6-19(3)7-11-22/h6-16,18H,17H2,1-5H3,(H,32,35)(H,33,36)/b26-16+. The summed E-state index contributed by atoms with van der Waals surface area (Å²) in [6.07, 6.45) is 1.47. The number of nitrogens with zero attached hydrogens (tertiary/aromatic N) is 1. The first kappa shape index (κ1) is 28.1. The maximum atomic E-state index is 13.5. The number of aryl methyl sites for hydroxylation is 1. The molecule has 1 aliphatic heterocycles. The van der Waals surface area contributed by atoms with Crippen molar-refractivity contribution >= 4 is 41.1 Å². The van der Waals surface area contributed by atoms with Crippen molar-refractivity contribution < 1.29 is 28.3 Å². The monoisotopic (exact) mass is 541 g/mol. The Kier molecular flexibility index (Phi) is 8.33. The van der Waals surface area contributed by atoms with Crippen molar-refractivity contribution in [3.05, 3.63) is 100 Å². The highest BCUT2D eigenvalue weighted by Crippen LogP contribution is 2.36. The fraction of sp³-hybridized carbons (Fsp3) is 0.226. The molecule has 40 heavy (non-hydrogen) atoms. The second-order valence-electron chi connectivity index (χ2n) is 9.70. The Labute approximate surface area is 232 Å². The van der Waals surface area contributed by atoms with Crippen LogP contribution in [0.3, 0.4) is 0 Å². The van der Waals surface area contributed by atoms with E-state index in [0.717, 1.165) is 11.1 Å². The number of esters is 1. The fourth-order valence-electron chi connectivity index (χ4n) is 4.28. The van der Waals surface area contributed by atoms with Gasteiger partial charge in [0.25, 0.3) is 5.91 Å². The van der Waals surface area contributed by atoms with Crippen molar-refractivity contribution in [3.8, 4) is 0 Å². The zero-order chi connectivity index (χ0) is 29.0. The SMILES string of the molecule is COC(=O)C1=C(C)N(c2ccc(C(C)C)cc2)C(=O)/C1=C/c1ccc(CNC(=O)C(=O)Nc2ccc(C)cc2)o1. The number of carbonyl (C=O) groups is 4. The van der Waals surface area contributed by atoms with Crippen LogP contribution in [0.2, 0.25) is 0 Å². The van der Waals surface area contributed by atoms with Gasteiger partial charge in [-0.1, -0.05) is 43.7 Å². The topological polar surface area (TPSA) is 118 Å². The first-order chi connectivity index (χ1) is 19.1. The molecular weight excluding hydrogens is 510 g/mol. The van der Waals surface area contributed by atoms with Crippen LogP contribution in [0.15, 0.2) is 81.9 Å². The summed E-state index contributed by atoms with van der Waals surface area (Å²) in [6.45, 7) is 7.72. The molecule has 0 atom stereocenters. The average molecular weight is 542 g/mol. The Morgan fingerprint density at radius 2 is 1.62 bits per heavy atom. The molecule has 4 rings (SSSR count). The molecule has 2 heterocycles. The van der Waals surface area contributed by atoms with Gasteiger partial charge in [-0.3, -0.25) is 19.3 Å². The molecule has 9 heteroatoms. The number of hydrogen-bond donors (Lipinski definition) is 2. The lowest BCUT2D eigenvalue weighted by Gasteiger charge is -2.18. The molecule has 0 saturated heterocycles. The molecule has 2 aromatic carbocycles. The number of hydrogen-bond acceptors (Lipinski definition) is 6. The zero-order valence-electron chi connectivity index (χ0n) is 23.0. The third kappa shape index (κ3) is 6.04. The largest absolute Gasteiger partial charge is 0.465 e. The molecule has 0 aliphatic carbocycles. The van der Waals surface area contributed by atoms with E-state index < -0.39 is 23.7 Å². The van der Waals surface area contributed by atoms with E-state index in [4.69, 9.17) is 9.15 Å². The van der Waals surface area contributed by atoms with Crippen LogP contribution in [-0.2, 0) is 30.5 Å². The summed E-state index contributed by atoms with van der Waals surface area (Å²) in [5, 5.41) is 5.04. The van der Waals surface area contributed by atoms with Crippen LogP contribution >= 0.6 is 0 Å². The number of nitrogens with one attached hydrogen (secondary N) is 2. The highest BCUT2D eigenvalue weighted by Gasteiger charge is 2.38. The van der Waals surface area contributed by atoms with Crippen LogP contribution in [-0.4, -0.2) is 30.8 Å². The lowest BCUT2D eigenvalue weighted by molar-refractivity contribution is -0.136. The number of anilines is 2. The van der Waals surface area contributed by atoms with Gasteiger partial charge in [0, 0.05) is 17.1 Å². The Morgan fingerprint density at radius 1 is 0.950 bits per heavy atom. The van der Waals surface area contributed by atoms with Crippen molar-refractivity contribution in [3.63, 3.8) is 0 Å². The van der Waals surface area contributed by atoms with Gasteiger partial charge in [-0.05, 0) is 67.8 Å². The summed E-state index contributed by atoms with van der Waals surface area (Å²) in [5.74, 6) is -1.68. The summed E-state index contributed by atoms with van der Waals surface area (Å²) < 4.78 is 10.7. The lowest BCUT2D eigenvalue weighted by Crippen LogP contribution is -2.34. The average Bonchev–Trinajstić information content (AvgIpc) is 3.49. The molecule has 0 unspecified atom stereocenters. The molecule has 0 fully saturated rings. The number of methoxy groups -OCH3 is 1. The minimum absolute atomic E-state index is 0.0513. The number of rotatable bonds is 7.